The molecule has 2 amide bonds. The Hall–Kier alpha value is -3.67. The third-order valence-corrected chi connectivity index (χ3v) is 6.88. The number of hydrogen-bond donors (Lipinski definition) is 2. The highest BCUT2D eigenvalue weighted by atomic mass is 32.1. The van der Waals surface area contributed by atoms with E-state index in [1.54, 1.807) is 0 Å². The van der Waals surface area contributed by atoms with Gasteiger partial charge in [0.15, 0.2) is 22.8 Å². The lowest BCUT2D eigenvalue weighted by Gasteiger charge is -2.18. The normalized spacial score (nSPS) is 15.9. The van der Waals surface area contributed by atoms with Crippen LogP contribution in [0.4, 0.5) is 18.2 Å². The molecule has 3 N–H and O–H groups in total. The fraction of sp³-hybridized carbons (Fsp3) is 0.273. The van der Waals surface area contributed by atoms with Gasteiger partial charge in [-0.15, -0.1) is 11.3 Å². The Kier molecular flexibility index (Phi) is 5.19. The molecular formula is C22H18F3N5O3S. The number of anilines is 1. The first-order chi connectivity index (χ1) is 16.1. The molecule has 1 atom stereocenters. The highest BCUT2D eigenvalue weighted by molar-refractivity contribution is 7.17. The number of carbonyl (C=O) groups is 2. The van der Waals surface area contributed by atoms with Gasteiger partial charge in [0.1, 0.15) is 10.7 Å². The van der Waals surface area contributed by atoms with Gasteiger partial charge in [-0.1, -0.05) is 6.92 Å². The quantitative estimate of drug-likeness (QED) is 0.437. The molecule has 5 rings (SSSR count). The van der Waals surface area contributed by atoms with Crippen LogP contribution in [0, 0.1) is 5.92 Å². The third kappa shape index (κ3) is 3.83. The number of nitrogens with one attached hydrogen (secondary N) is 1. The molecule has 4 aromatic heterocycles. The Morgan fingerprint density at radius 1 is 1.32 bits per heavy atom. The SMILES string of the molecule is CC1CCc2c(sc(NC(=O)c3cc4nc(-c5ccco5)cc(C(F)(F)F)n4n3)c2C(N)=O)C1. The lowest BCUT2D eigenvalue weighted by atomic mass is 9.88. The van der Waals surface area contributed by atoms with Gasteiger partial charge < -0.3 is 15.5 Å². The van der Waals surface area contributed by atoms with Crippen LogP contribution in [0.5, 0.6) is 0 Å². The molecule has 176 valence electrons. The number of carbonyl (C=O) groups excluding carboxylic acids is 2. The van der Waals surface area contributed by atoms with Gasteiger partial charge in [0.05, 0.1) is 11.8 Å². The number of amides is 2. The Morgan fingerprint density at radius 2 is 2.12 bits per heavy atom. The zero-order valence-corrected chi connectivity index (χ0v) is 18.6. The van der Waals surface area contributed by atoms with Crippen LogP contribution in [0.25, 0.3) is 17.1 Å². The summed E-state index contributed by atoms with van der Waals surface area (Å²) in [5, 5.41) is 6.74. The van der Waals surface area contributed by atoms with E-state index in [2.05, 4.69) is 22.3 Å². The van der Waals surface area contributed by atoms with Crippen molar-refractivity contribution in [3.8, 4) is 11.5 Å². The lowest BCUT2D eigenvalue weighted by Crippen LogP contribution is -2.19. The van der Waals surface area contributed by atoms with Crippen LogP contribution < -0.4 is 11.1 Å². The summed E-state index contributed by atoms with van der Waals surface area (Å²) in [5.41, 5.74) is 5.02. The maximum Gasteiger partial charge on any atom is 0.433 e. The summed E-state index contributed by atoms with van der Waals surface area (Å²) in [4.78, 5) is 30.2. The second kappa shape index (κ2) is 7.97. The smallest absolute Gasteiger partial charge is 0.433 e. The first kappa shape index (κ1) is 22.1. The molecule has 0 spiro atoms. The molecule has 4 heterocycles. The second-order valence-electron chi connectivity index (χ2n) is 8.18. The van der Waals surface area contributed by atoms with Gasteiger partial charge in [-0.2, -0.15) is 18.3 Å². The van der Waals surface area contributed by atoms with Crippen LogP contribution >= 0.6 is 11.3 Å². The first-order valence-electron chi connectivity index (χ1n) is 10.4. The van der Waals surface area contributed by atoms with Crippen molar-refractivity contribution in [1.82, 2.24) is 14.6 Å². The number of nitrogens with two attached hydrogens (primary N) is 1. The van der Waals surface area contributed by atoms with Crippen LogP contribution in [-0.4, -0.2) is 26.4 Å². The maximum atomic E-state index is 13.7. The lowest BCUT2D eigenvalue weighted by molar-refractivity contribution is -0.142. The van der Waals surface area contributed by atoms with Gasteiger partial charge in [0.2, 0.25) is 0 Å². The van der Waals surface area contributed by atoms with Crippen molar-refractivity contribution >= 4 is 33.8 Å². The van der Waals surface area contributed by atoms with Crippen molar-refractivity contribution in [2.45, 2.75) is 32.4 Å². The Morgan fingerprint density at radius 3 is 2.79 bits per heavy atom. The summed E-state index contributed by atoms with van der Waals surface area (Å²) in [6, 6.07) is 4.96. The molecule has 1 unspecified atom stereocenters. The number of fused-ring (bicyclic) bond motifs is 2. The van der Waals surface area contributed by atoms with Crippen LogP contribution in [0.15, 0.2) is 34.9 Å². The predicted octanol–water partition coefficient (Wildman–Crippen LogP) is 4.55. The van der Waals surface area contributed by atoms with Crippen molar-refractivity contribution < 1.29 is 27.2 Å². The topological polar surface area (TPSA) is 116 Å². The molecule has 0 radical (unpaired) electrons. The zero-order chi connectivity index (χ0) is 24.2. The Balaban J connectivity index is 1.54. The molecule has 8 nitrogen and oxygen atoms in total. The van der Waals surface area contributed by atoms with Gasteiger partial charge in [0, 0.05) is 10.9 Å². The van der Waals surface area contributed by atoms with Gasteiger partial charge >= 0.3 is 6.18 Å². The van der Waals surface area contributed by atoms with E-state index >= 15 is 0 Å². The highest BCUT2D eigenvalue weighted by Crippen LogP contribution is 2.39. The van der Waals surface area contributed by atoms with Crippen molar-refractivity contribution in [1.29, 1.82) is 0 Å². The van der Waals surface area contributed by atoms with E-state index in [0.717, 1.165) is 35.4 Å². The van der Waals surface area contributed by atoms with Crippen molar-refractivity contribution in [3.63, 3.8) is 0 Å². The standard InChI is InChI=1S/C22H18F3N5O3S/c1-10-4-5-11-15(7-10)34-21(18(11)19(26)31)28-20(32)13-9-17-27-12(14-3-2-6-33-14)8-16(22(23,24)25)30(17)29-13/h2-3,6,8-10H,4-5,7H2,1H3,(H2,26,31)(H,28,32). The monoisotopic (exact) mass is 489 g/mol. The number of alkyl halides is 3. The van der Waals surface area contributed by atoms with E-state index in [1.165, 1.54) is 29.7 Å². The average Bonchev–Trinajstić information content (AvgIpc) is 3.49. The summed E-state index contributed by atoms with van der Waals surface area (Å²) in [7, 11) is 0. The van der Waals surface area contributed by atoms with Crippen LogP contribution in [0.3, 0.4) is 0 Å². The summed E-state index contributed by atoms with van der Waals surface area (Å²) < 4.78 is 46.9. The van der Waals surface area contributed by atoms with Crippen molar-refractivity contribution in [2.75, 3.05) is 5.32 Å². The molecule has 0 saturated heterocycles. The third-order valence-electron chi connectivity index (χ3n) is 5.71. The van der Waals surface area contributed by atoms with Gasteiger partial charge in [0.25, 0.3) is 11.8 Å². The molecule has 34 heavy (non-hydrogen) atoms. The number of rotatable bonds is 4. The number of aromatic nitrogens is 3. The van der Waals surface area contributed by atoms with Crippen LogP contribution in [0.2, 0.25) is 0 Å². The number of halogens is 3. The molecule has 0 fully saturated rings. The van der Waals surface area contributed by atoms with E-state index in [1.807, 2.05) is 0 Å². The predicted molar refractivity (Wildman–Crippen MR) is 118 cm³/mol. The van der Waals surface area contributed by atoms with Gasteiger partial charge in [-0.05, 0) is 48.9 Å². The number of hydrogen-bond acceptors (Lipinski definition) is 6. The molecule has 0 saturated carbocycles. The molecule has 12 heteroatoms. The maximum absolute atomic E-state index is 13.7. The fourth-order valence-electron chi connectivity index (χ4n) is 4.10. The Labute approximate surface area is 194 Å². The summed E-state index contributed by atoms with van der Waals surface area (Å²) >= 11 is 1.26. The largest absolute Gasteiger partial charge is 0.463 e. The number of thiophene rings is 1. The minimum atomic E-state index is -4.76. The number of nitrogens with zero attached hydrogens (tertiary/aromatic N) is 3. The van der Waals surface area contributed by atoms with E-state index in [9.17, 15) is 22.8 Å². The number of primary amides is 1. The molecule has 1 aliphatic rings. The summed E-state index contributed by atoms with van der Waals surface area (Å²) in [6.07, 6.45) is -1.11. The van der Waals surface area contributed by atoms with Crippen LogP contribution in [-0.2, 0) is 19.0 Å². The first-order valence-corrected chi connectivity index (χ1v) is 11.2. The van der Waals surface area contributed by atoms with E-state index in [0.29, 0.717) is 16.9 Å². The fourth-order valence-corrected chi connectivity index (χ4v) is 5.52. The Bertz CT molecular complexity index is 1420. The highest BCUT2D eigenvalue weighted by Gasteiger charge is 2.36. The van der Waals surface area contributed by atoms with E-state index < -0.39 is 23.7 Å². The van der Waals surface area contributed by atoms with Gasteiger partial charge in [-0.3, -0.25) is 9.59 Å². The minimum Gasteiger partial charge on any atom is -0.463 e. The zero-order valence-electron chi connectivity index (χ0n) is 17.8. The van der Waals surface area contributed by atoms with Crippen molar-refractivity contribution in [3.05, 3.63) is 57.9 Å². The minimum absolute atomic E-state index is 0.0484. The van der Waals surface area contributed by atoms with Gasteiger partial charge in [-0.25, -0.2) is 9.50 Å². The molecule has 1 aliphatic carbocycles. The van der Waals surface area contributed by atoms with E-state index in [4.69, 9.17) is 10.2 Å². The molecule has 0 aromatic carbocycles. The number of furan rings is 1. The van der Waals surface area contributed by atoms with Crippen LogP contribution in [0.1, 0.15) is 50.3 Å². The molecule has 0 bridgehead atoms. The molecule has 0 aliphatic heterocycles. The second-order valence-corrected chi connectivity index (χ2v) is 9.28. The van der Waals surface area contributed by atoms with E-state index in [-0.39, 0.29) is 33.4 Å². The van der Waals surface area contributed by atoms with Crippen molar-refractivity contribution in [2.24, 2.45) is 11.7 Å². The average molecular weight is 489 g/mol. The summed E-state index contributed by atoms with van der Waals surface area (Å²) in [6.45, 7) is 2.10. The molecular weight excluding hydrogens is 471 g/mol. The summed E-state index contributed by atoms with van der Waals surface area (Å²) in [5.74, 6) is -0.859. The molecule has 4 aromatic rings.